The SMILES string of the molecule is Cc1ccc(O)cc1C(F)F. The zero-order chi connectivity index (χ0) is 8.43. The average Bonchev–Trinajstić information content (AvgIpc) is 1.94. The van der Waals surface area contributed by atoms with E-state index in [9.17, 15) is 8.78 Å². The maximum absolute atomic E-state index is 12.1. The Morgan fingerprint density at radius 2 is 2.00 bits per heavy atom. The lowest BCUT2D eigenvalue weighted by molar-refractivity contribution is 0.150. The van der Waals surface area contributed by atoms with Crippen LogP contribution in [0.25, 0.3) is 0 Å². The molecule has 1 N–H and O–H groups in total. The number of rotatable bonds is 1. The van der Waals surface area contributed by atoms with E-state index in [1.165, 1.54) is 12.1 Å². The van der Waals surface area contributed by atoms with Gasteiger partial charge in [-0.15, -0.1) is 0 Å². The molecule has 0 radical (unpaired) electrons. The summed E-state index contributed by atoms with van der Waals surface area (Å²) >= 11 is 0. The summed E-state index contributed by atoms with van der Waals surface area (Å²) in [6, 6.07) is 3.94. The van der Waals surface area contributed by atoms with Crippen LogP contribution in [0, 0.1) is 6.92 Å². The molecular weight excluding hydrogens is 150 g/mol. The van der Waals surface area contributed by atoms with Crippen molar-refractivity contribution in [1.29, 1.82) is 0 Å². The highest BCUT2D eigenvalue weighted by atomic mass is 19.3. The van der Waals surface area contributed by atoms with Gasteiger partial charge in [-0.1, -0.05) is 6.07 Å². The second kappa shape index (κ2) is 2.86. The number of alkyl halides is 2. The quantitative estimate of drug-likeness (QED) is 0.666. The minimum absolute atomic E-state index is 0.106. The maximum Gasteiger partial charge on any atom is 0.264 e. The van der Waals surface area contributed by atoms with E-state index in [-0.39, 0.29) is 11.3 Å². The minimum Gasteiger partial charge on any atom is -0.508 e. The Hall–Kier alpha value is -1.12. The van der Waals surface area contributed by atoms with Crippen LogP contribution in [0.15, 0.2) is 18.2 Å². The highest BCUT2D eigenvalue weighted by Gasteiger charge is 2.10. The Bertz CT molecular complexity index is 258. The predicted molar refractivity (Wildman–Crippen MR) is 37.8 cm³/mol. The smallest absolute Gasteiger partial charge is 0.264 e. The third-order valence-electron chi connectivity index (χ3n) is 1.50. The zero-order valence-electron chi connectivity index (χ0n) is 6.01. The summed E-state index contributed by atoms with van der Waals surface area (Å²) in [5.41, 5.74) is 0.391. The maximum atomic E-state index is 12.1. The van der Waals surface area contributed by atoms with E-state index in [0.717, 1.165) is 6.07 Å². The molecule has 0 amide bonds. The van der Waals surface area contributed by atoms with Crippen molar-refractivity contribution in [3.63, 3.8) is 0 Å². The van der Waals surface area contributed by atoms with E-state index < -0.39 is 6.43 Å². The van der Waals surface area contributed by atoms with Gasteiger partial charge in [0.15, 0.2) is 0 Å². The van der Waals surface area contributed by atoms with Crippen LogP contribution in [0.1, 0.15) is 17.6 Å². The van der Waals surface area contributed by atoms with Crippen LogP contribution in [0.3, 0.4) is 0 Å². The number of hydrogen-bond acceptors (Lipinski definition) is 1. The number of halogens is 2. The minimum atomic E-state index is -2.51. The second-order valence-electron chi connectivity index (χ2n) is 2.34. The van der Waals surface area contributed by atoms with Crippen molar-refractivity contribution in [2.45, 2.75) is 13.3 Å². The summed E-state index contributed by atoms with van der Waals surface area (Å²) in [5.74, 6) is -0.120. The number of phenolic OH excluding ortho intramolecular Hbond substituents is 1. The standard InChI is InChI=1S/C8H8F2O/c1-5-2-3-6(11)4-7(5)8(9)10/h2-4,8,11H,1H3. The first-order valence-corrected chi connectivity index (χ1v) is 3.19. The third kappa shape index (κ3) is 1.67. The molecule has 0 aliphatic rings. The van der Waals surface area contributed by atoms with Crippen molar-refractivity contribution < 1.29 is 13.9 Å². The normalized spacial score (nSPS) is 10.5. The van der Waals surface area contributed by atoms with Crippen LogP contribution in [0.4, 0.5) is 8.78 Å². The number of aromatic hydroxyl groups is 1. The molecule has 0 bridgehead atoms. The Balaban J connectivity index is 3.13. The molecule has 1 nitrogen and oxygen atoms in total. The van der Waals surface area contributed by atoms with Crippen molar-refractivity contribution in [1.82, 2.24) is 0 Å². The molecule has 0 atom stereocenters. The zero-order valence-corrected chi connectivity index (χ0v) is 6.01. The largest absolute Gasteiger partial charge is 0.508 e. The van der Waals surface area contributed by atoms with Gasteiger partial charge >= 0.3 is 0 Å². The van der Waals surface area contributed by atoms with Crippen molar-refractivity contribution in [3.05, 3.63) is 29.3 Å². The van der Waals surface area contributed by atoms with E-state index in [1.807, 2.05) is 0 Å². The fourth-order valence-electron chi connectivity index (χ4n) is 0.863. The molecule has 0 aromatic heterocycles. The summed E-state index contributed by atoms with van der Waals surface area (Å²) in [7, 11) is 0. The van der Waals surface area contributed by atoms with Crippen LogP contribution in [-0.2, 0) is 0 Å². The Morgan fingerprint density at radius 1 is 1.36 bits per heavy atom. The summed E-state index contributed by atoms with van der Waals surface area (Å²) in [5, 5.41) is 8.85. The summed E-state index contributed by atoms with van der Waals surface area (Å²) < 4.78 is 24.2. The molecular formula is C8H8F2O. The van der Waals surface area contributed by atoms with E-state index in [1.54, 1.807) is 6.92 Å². The number of hydrogen-bond donors (Lipinski definition) is 1. The van der Waals surface area contributed by atoms with Crippen molar-refractivity contribution in [2.75, 3.05) is 0 Å². The lowest BCUT2D eigenvalue weighted by Crippen LogP contribution is -1.87. The molecule has 0 saturated heterocycles. The van der Waals surface area contributed by atoms with Gasteiger partial charge in [0.25, 0.3) is 6.43 Å². The lowest BCUT2D eigenvalue weighted by atomic mass is 10.1. The molecule has 0 unspecified atom stereocenters. The molecule has 1 aromatic rings. The van der Waals surface area contributed by atoms with Crippen LogP contribution >= 0.6 is 0 Å². The van der Waals surface area contributed by atoms with Crippen molar-refractivity contribution in [2.24, 2.45) is 0 Å². The lowest BCUT2D eigenvalue weighted by Gasteiger charge is -2.03. The van der Waals surface area contributed by atoms with E-state index in [2.05, 4.69) is 0 Å². The molecule has 1 rings (SSSR count). The first-order chi connectivity index (χ1) is 5.11. The van der Waals surface area contributed by atoms with Gasteiger partial charge < -0.3 is 5.11 Å². The number of benzene rings is 1. The van der Waals surface area contributed by atoms with Crippen molar-refractivity contribution in [3.8, 4) is 5.75 Å². The number of phenols is 1. The highest BCUT2D eigenvalue weighted by Crippen LogP contribution is 2.25. The molecule has 3 heteroatoms. The molecule has 0 aliphatic carbocycles. The molecule has 0 saturated carbocycles. The van der Waals surface area contributed by atoms with Crippen LogP contribution in [0.5, 0.6) is 5.75 Å². The molecule has 60 valence electrons. The van der Waals surface area contributed by atoms with Gasteiger partial charge in [0, 0.05) is 5.56 Å². The summed E-state index contributed by atoms with van der Waals surface area (Å²) in [6.07, 6.45) is -2.51. The van der Waals surface area contributed by atoms with Gasteiger partial charge in [-0.05, 0) is 24.6 Å². The fraction of sp³-hybridized carbons (Fsp3) is 0.250. The van der Waals surface area contributed by atoms with E-state index >= 15 is 0 Å². The van der Waals surface area contributed by atoms with Gasteiger partial charge in [-0.3, -0.25) is 0 Å². The van der Waals surface area contributed by atoms with Gasteiger partial charge in [0.1, 0.15) is 5.75 Å². The van der Waals surface area contributed by atoms with Crippen molar-refractivity contribution >= 4 is 0 Å². The topological polar surface area (TPSA) is 20.2 Å². The first kappa shape index (κ1) is 7.98. The fourth-order valence-corrected chi connectivity index (χ4v) is 0.863. The number of aryl methyl sites for hydroxylation is 1. The predicted octanol–water partition coefficient (Wildman–Crippen LogP) is 2.64. The second-order valence-corrected chi connectivity index (χ2v) is 2.34. The molecule has 0 aliphatic heterocycles. The van der Waals surface area contributed by atoms with Crippen LogP contribution in [-0.4, -0.2) is 5.11 Å². The van der Waals surface area contributed by atoms with Gasteiger partial charge in [0.05, 0.1) is 0 Å². The van der Waals surface area contributed by atoms with Gasteiger partial charge in [0.2, 0.25) is 0 Å². The summed E-state index contributed by atoms with van der Waals surface area (Å²) in [6.45, 7) is 1.58. The molecule has 0 heterocycles. The Kier molecular flexibility index (Phi) is 2.08. The van der Waals surface area contributed by atoms with E-state index in [0.29, 0.717) is 5.56 Å². The van der Waals surface area contributed by atoms with Gasteiger partial charge in [-0.2, -0.15) is 0 Å². The van der Waals surface area contributed by atoms with Crippen LogP contribution in [0.2, 0.25) is 0 Å². The monoisotopic (exact) mass is 158 g/mol. The van der Waals surface area contributed by atoms with Gasteiger partial charge in [-0.25, -0.2) is 8.78 Å². The molecule has 1 aromatic carbocycles. The average molecular weight is 158 g/mol. The Morgan fingerprint density at radius 3 is 2.45 bits per heavy atom. The Labute approximate surface area is 63.3 Å². The third-order valence-corrected chi connectivity index (χ3v) is 1.50. The molecule has 0 spiro atoms. The molecule has 0 fully saturated rings. The van der Waals surface area contributed by atoms with Crippen LogP contribution < -0.4 is 0 Å². The first-order valence-electron chi connectivity index (χ1n) is 3.19. The molecule has 11 heavy (non-hydrogen) atoms. The van der Waals surface area contributed by atoms with E-state index in [4.69, 9.17) is 5.11 Å². The summed E-state index contributed by atoms with van der Waals surface area (Å²) in [4.78, 5) is 0. The highest BCUT2D eigenvalue weighted by molar-refractivity contribution is 5.34.